The zero-order chi connectivity index (χ0) is 14.4. The van der Waals surface area contributed by atoms with Crippen LogP contribution in [0, 0.1) is 5.82 Å². The molecular weight excluding hydrogens is 263 g/mol. The normalized spacial score (nSPS) is 10.4. The lowest BCUT2D eigenvalue weighted by atomic mass is 10.2. The number of carbonyl (C=O) groups is 2. The molecule has 2 amide bonds. The van der Waals surface area contributed by atoms with Crippen LogP contribution >= 0.6 is 0 Å². The highest BCUT2D eigenvalue weighted by Gasteiger charge is 2.07. The van der Waals surface area contributed by atoms with Crippen molar-refractivity contribution in [1.82, 2.24) is 10.9 Å². The van der Waals surface area contributed by atoms with Crippen LogP contribution in [0.4, 0.5) is 4.39 Å². The Morgan fingerprint density at radius 1 is 1.10 bits per heavy atom. The van der Waals surface area contributed by atoms with Gasteiger partial charge in [-0.15, -0.1) is 0 Å². The molecule has 0 spiro atoms. The highest BCUT2D eigenvalue weighted by molar-refractivity contribution is 5.96. The molecule has 1 aromatic heterocycles. The average Bonchev–Trinajstić information content (AvgIpc) is 2.98. The molecule has 0 bridgehead atoms. The SMILES string of the molecule is O=C(/C=C/c1ccc(F)cc1)NNC(=O)c1ccco1. The largest absolute Gasteiger partial charge is 0.459 e. The molecule has 6 heteroatoms. The quantitative estimate of drug-likeness (QED) is 0.663. The van der Waals surface area contributed by atoms with Crippen LogP contribution in [0.25, 0.3) is 6.08 Å². The molecule has 0 fully saturated rings. The van der Waals surface area contributed by atoms with Crippen LogP contribution in [0.1, 0.15) is 16.1 Å². The lowest BCUT2D eigenvalue weighted by Gasteiger charge is -2.02. The standard InChI is InChI=1S/C14H11FN2O3/c15-11-6-3-10(4-7-11)5-8-13(18)16-17-14(19)12-2-1-9-20-12/h1-9H,(H,16,18)(H,17,19)/b8-5+. The molecule has 0 aliphatic rings. The highest BCUT2D eigenvalue weighted by atomic mass is 19.1. The summed E-state index contributed by atoms with van der Waals surface area (Å²) in [6.45, 7) is 0. The van der Waals surface area contributed by atoms with Gasteiger partial charge < -0.3 is 4.42 Å². The van der Waals surface area contributed by atoms with Crippen LogP contribution in [-0.4, -0.2) is 11.8 Å². The minimum Gasteiger partial charge on any atom is -0.459 e. The Hall–Kier alpha value is -2.89. The maximum Gasteiger partial charge on any atom is 0.305 e. The number of hydrazine groups is 1. The Balaban J connectivity index is 1.83. The van der Waals surface area contributed by atoms with E-state index in [1.165, 1.54) is 48.7 Å². The van der Waals surface area contributed by atoms with Crippen molar-refractivity contribution in [2.45, 2.75) is 0 Å². The second-order valence-electron chi connectivity index (χ2n) is 3.81. The summed E-state index contributed by atoms with van der Waals surface area (Å²) in [5, 5.41) is 0. The fourth-order valence-corrected chi connectivity index (χ4v) is 1.38. The first-order valence-corrected chi connectivity index (χ1v) is 5.72. The van der Waals surface area contributed by atoms with E-state index in [9.17, 15) is 14.0 Å². The Labute approximate surface area is 114 Å². The number of hydrogen-bond acceptors (Lipinski definition) is 3. The van der Waals surface area contributed by atoms with Gasteiger partial charge >= 0.3 is 5.91 Å². The maximum absolute atomic E-state index is 12.7. The van der Waals surface area contributed by atoms with Gasteiger partial charge in [-0.2, -0.15) is 0 Å². The van der Waals surface area contributed by atoms with Crippen LogP contribution in [0.15, 0.2) is 53.2 Å². The fraction of sp³-hybridized carbons (Fsp3) is 0. The van der Waals surface area contributed by atoms with Gasteiger partial charge in [0, 0.05) is 6.08 Å². The molecule has 1 heterocycles. The molecule has 1 aromatic carbocycles. The second-order valence-corrected chi connectivity index (χ2v) is 3.81. The van der Waals surface area contributed by atoms with Gasteiger partial charge in [0.05, 0.1) is 6.26 Å². The summed E-state index contributed by atoms with van der Waals surface area (Å²) in [5.41, 5.74) is 5.05. The number of benzene rings is 1. The Bertz CT molecular complexity index is 618. The number of carbonyl (C=O) groups excluding carboxylic acids is 2. The summed E-state index contributed by atoms with van der Waals surface area (Å²) < 4.78 is 17.5. The lowest BCUT2D eigenvalue weighted by molar-refractivity contribution is -0.117. The zero-order valence-corrected chi connectivity index (χ0v) is 10.3. The van der Waals surface area contributed by atoms with E-state index in [4.69, 9.17) is 4.42 Å². The third kappa shape index (κ3) is 3.81. The number of halogens is 1. The van der Waals surface area contributed by atoms with Gasteiger partial charge in [-0.05, 0) is 35.9 Å². The minimum atomic E-state index is -0.557. The molecule has 2 aromatic rings. The summed E-state index contributed by atoms with van der Waals surface area (Å²) in [6.07, 6.45) is 4.06. The first-order valence-electron chi connectivity index (χ1n) is 5.72. The van der Waals surface area contributed by atoms with Gasteiger partial charge in [0.1, 0.15) is 5.82 Å². The van der Waals surface area contributed by atoms with E-state index < -0.39 is 11.8 Å². The van der Waals surface area contributed by atoms with Crippen LogP contribution < -0.4 is 10.9 Å². The summed E-state index contributed by atoms with van der Waals surface area (Å²) in [5.74, 6) is -1.34. The molecule has 102 valence electrons. The van der Waals surface area contributed by atoms with E-state index in [-0.39, 0.29) is 11.6 Å². The monoisotopic (exact) mass is 274 g/mol. The molecule has 0 atom stereocenters. The van der Waals surface area contributed by atoms with E-state index in [0.29, 0.717) is 5.56 Å². The molecule has 5 nitrogen and oxygen atoms in total. The molecule has 0 unspecified atom stereocenters. The first-order chi connectivity index (χ1) is 9.65. The summed E-state index contributed by atoms with van der Waals surface area (Å²) in [6, 6.07) is 8.66. The van der Waals surface area contributed by atoms with Crippen LogP contribution in [0.3, 0.4) is 0 Å². The molecule has 0 saturated heterocycles. The van der Waals surface area contributed by atoms with Gasteiger partial charge in [0.25, 0.3) is 5.91 Å². The zero-order valence-electron chi connectivity index (χ0n) is 10.3. The van der Waals surface area contributed by atoms with E-state index in [1.807, 2.05) is 0 Å². The van der Waals surface area contributed by atoms with E-state index in [2.05, 4.69) is 10.9 Å². The molecule has 20 heavy (non-hydrogen) atoms. The Morgan fingerprint density at radius 2 is 1.85 bits per heavy atom. The van der Waals surface area contributed by atoms with Crippen LogP contribution in [-0.2, 0) is 4.79 Å². The van der Waals surface area contributed by atoms with Crippen LogP contribution in [0.5, 0.6) is 0 Å². The third-order valence-corrected chi connectivity index (χ3v) is 2.34. The van der Waals surface area contributed by atoms with Gasteiger partial charge in [-0.25, -0.2) is 4.39 Å². The Morgan fingerprint density at radius 3 is 2.50 bits per heavy atom. The van der Waals surface area contributed by atoms with Gasteiger partial charge in [0.2, 0.25) is 0 Å². The van der Waals surface area contributed by atoms with Gasteiger partial charge in [-0.3, -0.25) is 20.4 Å². The number of furan rings is 1. The van der Waals surface area contributed by atoms with E-state index >= 15 is 0 Å². The lowest BCUT2D eigenvalue weighted by Crippen LogP contribution is -2.40. The fourth-order valence-electron chi connectivity index (χ4n) is 1.38. The van der Waals surface area contributed by atoms with Crippen molar-refractivity contribution >= 4 is 17.9 Å². The molecule has 0 aliphatic carbocycles. The third-order valence-electron chi connectivity index (χ3n) is 2.34. The van der Waals surface area contributed by atoms with Crippen molar-refractivity contribution in [3.8, 4) is 0 Å². The molecule has 2 N–H and O–H groups in total. The van der Waals surface area contributed by atoms with E-state index in [0.717, 1.165) is 0 Å². The predicted octanol–water partition coefficient (Wildman–Crippen LogP) is 1.89. The van der Waals surface area contributed by atoms with Gasteiger partial charge in [0.15, 0.2) is 5.76 Å². The minimum absolute atomic E-state index is 0.0906. The van der Waals surface area contributed by atoms with Crippen molar-refractivity contribution < 1.29 is 18.4 Å². The predicted molar refractivity (Wildman–Crippen MR) is 69.8 cm³/mol. The number of nitrogens with one attached hydrogen (secondary N) is 2. The van der Waals surface area contributed by atoms with Crippen molar-refractivity contribution in [2.75, 3.05) is 0 Å². The van der Waals surface area contributed by atoms with Crippen molar-refractivity contribution in [3.63, 3.8) is 0 Å². The molecule has 0 saturated carbocycles. The first kappa shape index (κ1) is 13.5. The highest BCUT2D eigenvalue weighted by Crippen LogP contribution is 2.04. The maximum atomic E-state index is 12.7. The molecular formula is C14H11FN2O3. The number of hydrogen-bond donors (Lipinski definition) is 2. The van der Waals surface area contributed by atoms with Gasteiger partial charge in [-0.1, -0.05) is 12.1 Å². The van der Waals surface area contributed by atoms with Crippen molar-refractivity contribution in [1.29, 1.82) is 0 Å². The Kier molecular flexibility index (Phi) is 4.28. The van der Waals surface area contributed by atoms with Crippen molar-refractivity contribution in [2.24, 2.45) is 0 Å². The molecule has 0 radical (unpaired) electrons. The van der Waals surface area contributed by atoms with Crippen molar-refractivity contribution in [3.05, 3.63) is 65.9 Å². The smallest absolute Gasteiger partial charge is 0.305 e. The van der Waals surface area contributed by atoms with E-state index in [1.54, 1.807) is 6.07 Å². The number of rotatable bonds is 3. The topological polar surface area (TPSA) is 71.3 Å². The summed E-state index contributed by atoms with van der Waals surface area (Å²) in [4.78, 5) is 22.9. The van der Waals surface area contributed by atoms with Crippen LogP contribution in [0.2, 0.25) is 0 Å². The number of amides is 2. The summed E-state index contributed by atoms with van der Waals surface area (Å²) >= 11 is 0. The molecule has 0 aliphatic heterocycles. The molecule has 2 rings (SSSR count). The second kappa shape index (κ2) is 6.33. The average molecular weight is 274 g/mol. The summed E-state index contributed by atoms with van der Waals surface area (Å²) in [7, 11) is 0.